The van der Waals surface area contributed by atoms with Gasteiger partial charge in [0.15, 0.2) is 10.9 Å². The summed E-state index contributed by atoms with van der Waals surface area (Å²) >= 11 is 6.95. The van der Waals surface area contributed by atoms with Crippen LogP contribution in [0.25, 0.3) is 0 Å². The van der Waals surface area contributed by atoms with Crippen molar-refractivity contribution in [3.63, 3.8) is 0 Å². The molecule has 0 bridgehead atoms. The maximum atomic E-state index is 11.9. The summed E-state index contributed by atoms with van der Waals surface area (Å²) in [5.74, 6) is -0.112. The monoisotopic (exact) mass is 365 g/mol. The summed E-state index contributed by atoms with van der Waals surface area (Å²) in [6.45, 7) is 3.87. The van der Waals surface area contributed by atoms with Gasteiger partial charge in [-0.25, -0.2) is 0 Å². The Morgan fingerprint density at radius 3 is 2.83 bits per heavy atom. The maximum absolute atomic E-state index is 11.9. The van der Waals surface area contributed by atoms with E-state index in [1.54, 1.807) is 23.5 Å². The lowest BCUT2D eigenvalue weighted by atomic mass is 10.2. The fraction of sp³-hybridized carbons (Fsp3) is 0.375. The topological polar surface area (TPSA) is 66.7 Å². The number of furan rings is 1. The van der Waals surface area contributed by atoms with Crippen molar-refractivity contribution >= 4 is 34.6 Å². The zero-order valence-corrected chi connectivity index (χ0v) is 14.7. The van der Waals surface area contributed by atoms with E-state index in [1.165, 1.54) is 11.1 Å². The molecule has 128 valence electrons. The highest BCUT2D eigenvalue weighted by Gasteiger charge is 2.23. The van der Waals surface area contributed by atoms with Gasteiger partial charge in [-0.1, -0.05) is 6.07 Å². The lowest BCUT2D eigenvalue weighted by Gasteiger charge is -2.34. The summed E-state index contributed by atoms with van der Waals surface area (Å²) in [6, 6.07) is 7.63. The Labute approximate surface area is 149 Å². The second kappa shape index (κ2) is 8.39. The molecule has 1 saturated heterocycles. The number of carbonyl (C=O) groups excluding carboxylic acids is 1. The summed E-state index contributed by atoms with van der Waals surface area (Å²) in [5.41, 5.74) is 0. The summed E-state index contributed by atoms with van der Waals surface area (Å²) in [6.07, 6.45) is 1.45. The molecular formula is C16H19N3O3S2. The fourth-order valence-electron chi connectivity index (χ4n) is 2.59. The van der Waals surface area contributed by atoms with Gasteiger partial charge < -0.3 is 14.5 Å². The normalized spacial score (nSPS) is 16.5. The SMILES string of the molecule is O=C(NC(=S)NC[C@H](c1cccs1)N1CCOCC1)c1ccco1. The van der Waals surface area contributed by atoms with Gasteiger partial charge in [0, 0.05) is 24.5 Å². The average Bonchev–Trinajstić information content (AvgIpc) is 3.30. The number of rotatable bonds is 5. The first-order valence-corrected chi connectivity index (χ1v) is 9.00. The van der Waals surface area contributed by atoms with Gasteiger partial charge in [-0.15, -0.1) is 11.3 Å². The van der Waals surface area contributed by atoms with E-state index in [0.29, 0.717) is 11.7 Å². The predicted molar refractivity (Wildman–Crippen MR) is 96.2 cm³/mol. The highest BCUT2D eigenvalue weighted by molar-refractivity contribution is 7.80. The average molecular weight is 365 g/mol. The fourth-order valence-corrected chi connectivity index (χ4v) is 3.62. The van der Waals surface area contributed by atoms with Gasteiger partial charge in [-0.3, -0.25) is 15.0 Å². The van der Waals surface area contributed by atoms with Crippen LogP contribution in [0, 0.1) is 0 Å². The Balaban J connectivity index is 1.56. The molecule has 0 radical (unpaired) electrons. The van der Waals surface area contributed by atoms with Crippen molar-refractivity contribution in [3.8, 4) is 0 Å². The highest BCUT2D eigenvalue weighted by Crippen LogP contribution is 2.25. The van der Waals surface area contributed by atoms with Crippen LogP contribution in [0.5, 0.6) is 0 Å². The number of hydrogen-bond donors (Lipinski definition) is 2. The van der Waals surface area contributed by atoms with Crippen molar-refractivity contribution in [2.45, 2.75) is 6.04 Å². The van der Waals surface area contributed by atoms with Crippen molar-refractivity contribution in [1.29, 1.82) is 0 Å². The van der Waals surface area contributed by atoms with Crippen molar-refractivity contribution in [3.05, 3.63) is 46.5 Å². The molecule has 0 saturated carbocycles. The van der Waals surface area contributed by atoms with Crippen molar-refractivity contribution < 1.29 is 13.9 Å². The number of carbonyl (C=O) groups is 1. The molecule has 2 aromatic heterocycles. The molecular weight excluding hydrogens is 346 g/mol. The third kappa shape index (κ3) is 4.41. The number of hydrogen-bond acceptors (Lipinski definition) is 6. The van der Waals surface area contributed by atoms with Crippen LogP contribution >= 0.6 is 23.6 Å². The number of morpholine rings is 1. The smallest absolute Gasteiger partial charge is 0.293 e. The van der Waals surface area contributed by atoms with E-state index < -0.39 is 0 Å². The minimum absolute atomic E-state index is 0.201. The Hall–Kier alpha value is -1.74. The minimum atomic E-state index is -0.350. The third-order valence-corrected chi connectivity index (χ3v) is 5.01. The van der Waals surface area contributed by atoms with Gasteiger partial charge >= 0.3 is 0 Å². The molecule has 1 amide bonds. The van der Waals surface area contributed by atoms with E-state index in [2.05, 4.69) is 27.0 Å². The summed E-state index contributed by atoms with van der Waals surface area (Å²) in [5, 5.41) is 8.14. The lowest BCUT2D eigenvalue weighted by molar-refractivity contribution is 0.0177. The first-order chi connectivity index (χ1) is 11.7. The summed E-state index contributed by atoms with van der Waals surface area (Å²) < 4.78 is 10.5. The number of nitrogens with one attached hydrogen (secondary N) is 2. The molecule has 0 spiro atoms. The number of ether oxygens (including phenoxy) is 1. The summed E-state index contributed by atoms with van der Waals surface area (Å²) in [4.78, 5) is 15.6. The second-order valence-electron chi connectivity index (χ2n) is 5.32. The molecule has 8 heteroatoms. The standard InChI is InChI=1S/C16H19N3O3S2/c20-15(13-3-1-7-22-13)18-16(23)17-11-12(14-4-2-10-24-14)19-5-8-21-9-6-19/h1-4,7,10,12H,5-6,8-9,11H2,(H2,17,18,20,23)/t12-/m1/s1. The molecule has 3 heterocycles. The van der Waals surface area contributed by atoms with E-state index >= 15 is 0 Å². The first-order valence-electron chi connectivity index (χ1n) is 7.72. The van der Waals surface area contributed by atoms with E-state index in [9.17, 15) is 4.79 Å². The Morgan fingerprint density at radius 1 is 1.33 bits per heavy atom. The van der Waals surface area contributed by atoms with Gasteiger partial charge in [0.05, 0.1) is 25.5 Å². The predicted octanol–water partition coefficient (Wildman–Crippen LogP) is 2.02. The van der Waals surface area contributed by atoms with Gasteiger partial charge in [0.2, 0.25) is 0 Å². The van der Waals surface area contributed by atoms with E-state index in [-0.39, 0.29) is 17.7 Å². The Bertz CT molecular complexity index is 652. The molecule has 1 aliphatic heterocycles. The zero-order chi connectivity index (χ0) is 16.8. The van der Waals surface area contributed by atoms with Crippen LogP contribution in [0.4, 0.5) is 0 Å². The lowest BCUT2D eigenvalue weighted by Crippen LogP contribution is -2.46. The molecule has 2 aromatic rings. The highest BCUT2D eigenvalue weighted by atomic mass is 32.1. The molecule has 6 nitrogen and oxygen atoms in total. The molecule has 1 aliphatic rings. The van der Waals surface area contributed by atoms with E-state index in [1.807, 2.05) is 6.07 Å². The number of amides is 1. The van der Waals surface area contributed by atoms with Crippen LogP contribution in [-0.4, -0.2) is 48.8 Å². The van der Waals surface area contributed by atoms with E-state index in [4.69, 9.17) is 21.4 Å². The Morgan fingerprint density at radius 2 is 2.17 bits per heavy atom. The van der Waals surface area contributed by atoms with E-state index in [0.717, 1.165) is 26.3 Å². The number of thiophene rings is 1. The molecule has 0 aliphatic carbocycles. The van der Waals surface area contributed by atoms with Crippen LogP contribution in [-0.2, 0) is 4.74 Å². The summed E-state index contributed by atoms with van der Waals surface area (Å²) in [7, 11) is 0. The quantitative estimate of drug-likeness (QED) is 0.791. The first kappa shape index (κ1) is 17.1. The third-order valence-electron chi connectivity index (χ3n) is 3.79. The van der Waals surface area contributed by atoms with Gasteiger partial charge in [0.25, 0.3) is 5.91 Å². The minimum Gasteiger partial charge on any atom is -0.459 e. The molecule has 0 unspecified atom stereocenters. The van der Waals surface area contributed by atoms with Crippen molar-refractivity contribution in [2.24, 2.45) is 0 Å². The zero-order valence-electron chi connectivity index (χ0n) is 13.1. The number of thiocarbonyl (C=S) groups is 1. The van der Waals surface area contributed by atoms with Crippen LogP contribution in [0.2, 0.25) is 0 Å². The van der Waals surface area contributed by atoms with Crippen LogP contribution in [0.1, 0.15) is 21.5 Å². The van der Waals surface area contributed by atoms with Crippen LogP contribution in [0.3, 0.4) is 0 Å². The van der Waals surface area contributed by atoms with Gasteiger partial charge in [0.1, 0.15) is 0 Å². The molecule has 1 atom stereocenters. The van der Waals surface area contributed by atoms with Crippen LogP contribution in [0.15, 0.2) is 40.3 Å². The van der Waals surface area contributed by atoms with Crippen molar-refractivity contribution in [2.75, 3.05) is 32.8 Å². The molecule has 2 N–H and O–H groups in total. The molecule has 0 aromatic carbocycles. The maximum Gasteiger partial charge on any atom is 0.293 e. The van der Waals surface area contributed by atoms with Gasteiger partial charge in [-0.05, 0) is 35.8 Å². The number of nitrogens with zero attached hydrogens (tertiary/aromatic N) is 1. The molecule has 3 rings (SSSR count). The van der Waals surface area contributed by atoms with Crippen molar-refractivity contribution in [1.82, 2.24) is 15.5 Å². The van der Waals surface area contributed by atoms with Gasteiger partial charge in [-0.2, -0.15) is 0 Å². The Kier molecular flexibility index (Phi) is 5.97. The molecule has 1 fully saturated rings. The molecule has 24 heavy (non-hydrogen) atoms. The van der Waals surface area contributed by atoms with Crippen LogP contribution < -0.4 is 10.6 Å². The second-order valence-corrected chi connectivity index (χ2v) is 6.71. The largest absolute Gasteiger partial charge is 0.459 e.